The van der Waals surface area contributed by atoms with E-state index >= 15 is 0 Å². The molecule has 0 radical (unpaired) electrons. The molecule has 0 aliphatic carbocycles. The van der Waals surface area contributed by atoms with E-state index in [-0.39, 0.29) is 12.1 Å². The fourth-order valence-corrected chi connectivity index (χ4v) is 3.58. The van der Waals surface area contributed by atoms with Crippen molar-refractivity contribution < 1.29 is 19.4 Å². The van der Waals surface area contributed by atoms with Crippen molar-refractivity contribution in [1.82, 2.24) is 20.4 Å². The van der Waals surface area contributed by atoms with Crippen LogP contribution >= 0.6 is 0 Å². The van der Waals surface area contributed by atoms with Gasteiger partial charge >= 0.3 is 6.03 Å². The zero-order valence-electron chi connectivity index (χ0n) is 15.1. The fraction of sp³-hybridized carbons (Fsp3) is 0.474. The smallest absolute Gasteiger partial charge is 0.315 e. The topological polar surface area (TPSA) is 97.6 Å². The minimum absolute atomic E-state index is 0.320. The molecule has 27 heavy (non-hydrogen) atoms. The third-order valence-electron chi connectivity index (χ3n) is 4.98. The molecule has 0 spiro atoms. The highest BCUT2D eigenvalue weighted by Gasteiger charge is 2.51. The van der Waals surface area contributed by atoms with E-state index in [4.69, 9.17) is 9.47 Å². The van der Waals surface area contributed by atoms with Crippen molar-refractivity contribution in [2.45, 2.75) is 43.9 Å². The lowest BCUT2D eigenvalue weighted by Crippen LogP contribution is -2.60. The van der Waals surface area contributed by atoms with Crippen LogP contribution in [-0.4, -0.2) is 58.6 Å². The number of aliphatic hydroxyl groups excluding tert-OH is 1. The molecule has 1 aromatic heterocycles. The number of ether oxygens (including phenoxy) is 2. The third-order valence-corrected chi connectivity index (χ3v) is 4.98. The van der Waals surface area contributed by atoms with Gasteiger partial charge in [0.1, 0.15) is 18.2 Å². The maximum atomic E-state index is 12.1. The number of aliphatic hydroxyl groups is 1. The summed E-state index contributed by atoms with van der Waals surface area (Å²) in [6.45, 7) is 2.87. The Labute approximate surface area is 157 Å². The highest BCUT2D eigenvalue weighted by Crippen LogP contribution is 2.36. The second-order valence-corrected chi connectivity index (χ2v) is 6.86. The number of urea groups is 1. The standard InChI is InChI=1S/C19H24N4O4/c1-2-8-20-19(25)22-15-14-11-26-18(27-14)16(17(15)24)23-10-13(9-21-23)12-6-4-3-5-7-12/h3-7,9-10,14-18,24H,2,8,11H2,1H3,(H2,20,22,25). The summed E-state index contributed by atoms with van der Waals surface area (Å²) in [6, 6.07) is 8.44. The Morgan fingerprint density at radius 1 is 1.33 bits per heavy atom. The average Bonchev–Trinajstić information content (AvgIpc) is 3.33. The van der Waals surface area contributed by atoms with Crippen LogP contribution in [0.3, 0.4) is 0 Å². The highest BCUT2D eigenvalue weighted by atomic mass is 16.7. The van der Waals surface area contributed by atoms with Crippen molar-refractivity contribution in [2.24, 2.45) is 0 Å². The second-order valence-electron chi connectivity index (χ2n) is 6.86. The first-order valence-electron chi connectivity index (χ1n) is 9.26. The molecule has 0 saturated carbocycles. The molecule has 2 aliphatic heterocycles. The van der Waals surface area contributed by atoms with Crippen LogP contribution in [0.4, 0.5) is 4.79 Å². The third kappa shape index (κ3) is 3.55. The van der Waals surface area contributed by atoms with Crippen LogP contribution in [0.25, 0.3) is 11.1 Å². The van der Waals surface area contributed by atoms with Gasteiger partial charge in [-0.1, -0.05) is 37.3 Å². The van der Waals surface area contributed by atoms with Crippen molar-refractivity contribution in [2.75, 3.05) is 13.2 Å². The molecule has 2 fully saturated rings. The molecule has 5 atom stereocenters. The molecule has 1 aromatic carbocycles. The van der Waals surface area contributed by atoms with Crippen LogP contribution in [0.5, 0.6) is 0 Å². The summed E-state index contributed by atoms with van der Waals surface area (Å²) >= 11 is 0. The number of rotatable bonds is 5. The summed E-state index contributed by atoms with van der Waals surface area (Å²) in [5.41, 5.74) is 1.97. The number of fused-ring (bicyclic) bond motifs is 2. The lowest BCUT2D eigenvalue weighted by molar-refractivity contribution is -0.166. The molecule has 5 unspecified atom stereocenters. The van der Waals surface area contributed by atoms with E-state index in [0.717, 1.165) is 17.5 Å². The summed E-state index contributed by atoms with van der Waals surface area (Å²) in [6.07, 6.45) is 2.60. The predicted molar refractivity (Wildman–Crippen MR) is 97.9 cm³/mol. The monoisotopic (exact) mass is 372 g/mol. The molecular weight excluding hydrogens is 348 g/mol. The van der Waals surface area contributed by atoms with Gasteiger partial charge in [0.25, 0.3) is 0 Å². The van der Waals surface area contributed by atoms with E-state index in [1.54, 1.807) is 10.9 Å². The minimum atomic E-state index is -0.882. The van der Waals surface area contributed by atoms with E-state index in [1.807, 2.05) is 43.5 Å². The van der Waals surface area contributed by atoms with Gasteiger partial charge in [0.15, 0.2) is 6.29 Å². The molecule has 2 bridgehead atoms. The molecule has 3 N–H and O–H groups in total. The number of hydrogen-bond acceptors (Lipinski definition) is 5. The maximum absolute atomic E-state index is 12.1. The van der Waals surface area contributed by atoms with E-state index in [9.17, 15) is 9.90 Å². The number of aromatic nitrogens is 2. The van der Waals surface area contributed by atoms with Crippen molar-refractivity contribution in [1.29, 1.82) is 0 Å². The van der Waals surface area contributed by atoms with Crippen LogP contribution in [0.2, 0.25) is 0 Å². The van der Waals surface area contributed by atoms with Crippen LogP contribution in [0.15, 0.2) is 42.7 Å². The molecule has 2 amide bonds. The zero-order valence-corrected chi connectivity index (χ0v) is 15.1. The van der Waals surface area contributed by atoms with Gasteiger partial charge in [-0.15, -0.1) is 0 Å². The Bertz CT molecular complexity index is 781. The minimum Gasteiger partial charge on any atom is -0.388 e. The Morgan fingerprint density at radius 2 is 2.15 bits per heavy atom. The van der Waals surface area contributed by atoms with Gasteiger partial charge in [0.05, 0.1) is 18.8 Å². The summed E-state index contributed by atoms with van der Waals surface area (Å²) in [5, 5.41) is 21.0. The van der Waals surface area contributed by atoms with Crippen LogP contribution < -0.4 is 10.6 Å². The quantitative estimate of drug-likeness (QED) is 0.735. The first kappa shape index (κ1) is 18.0. The van der Waals surface area contributed by atoms with Crippen LogP contribution in [0.1, 0.15) is 19.4 Å². The van der Waals surface area contributed by atoms with E-state index in [0.29, 0.717) is 13.2 Å². The number of amides is 2. The van der Waals surface area contributed by atoms with Crippen LogP contribution in [-0.2, 0) is 9.47 Å². The fourth-order valence-electron chi connectivity index (χ4n) is 3.58. The molecule has 8 nitrogen and oxygen atoms in total. The molecule has 2 aromatic rings. The number of hydrogen-bond donors (Lipinski definition) is 3. The lowest BCUT2D eigenvalue weighted by atomic mass is 9.96. The predicted octanol–water partition coefficient (Wildman–Crippen LogP) is 1.28. The number of nitrogens with one attached hydrogen (secondary N) is 2. The van der Waals surface area contributed by atoms with Gasteiger partial charge in [0, 0.05) is 18.3 Å². The highest BCUT2D eigenvalue weighted by molar-refractivity contribution is 5.74. The van der Waals surface area contributed by atoms with Gasteiger partial charge in [-0.05, 0) is 12.0 Å². The average molecular weight is 372 g/mol. The van der Waals surface area contributed by atoms with Gasteiger partial charge in [0.2, 0.25) is 0 Å². The van der Waals surface area contributed by atoms with Crippen molar-refractivity contribution >= 4 is 6.03 Å². The number of carbonyl (C=O) groups is 1. The van der Waals surface area contributed by atoms with E-state index < -0.39 is 24.5 Å². The largest absolute Gasteiger partial charge is 0.388 e. The lowest BCUT2D eigenvalue weighted by Gasteiger charge is -2.38. The molecule has 4 rings (SSSR count). The molecule has 2 saturated heterocycles. The Balaban J connectivity index is 1.54. The number of benzene rings is 1. The van der Waals surface area contributed by atoms with Gasteiger partial charge in [-0.25, -0.2) is 4.79 Å². The van der Waals surface area contributed by atoms with Crippen molar-refractivity contribution in [3.05, 3.63) is 42.7 Å². The van der Waals surface area contributed by atoms with Crippen LogP contribution in [0, 0.1) is 0 Å². The molecule has 3 heterocycles. The molecule has 2 aliphatic rings. The summed E-state index contributed by atoms with van der Waals surface area (Å²) in [5.74, 6) is 0. The molecular formula is C19H24N4O4. The molecule has 144 valence electrons. The molecule has 8 heteroatoms. The Kier molecular flexibility index (Phi) is 5.11. The Morgan fingerprint density at radius 3 is 2.93 bits per heavy atom. The van der Waals surface area contributed by atoms with E-state index in [2.05, 4.69) is 15.7 Å². The summed E-state index contributed by atoms with van der Waals surface area (Å²) < 4.78 is 13.3. The first-order chi connectivity index (χ1) is 13.2. The summed E-state index contributed by atoms with van der Waals surface area (Å²) in [4.78, 5) is 12.1. The van der Waals surface area contributed by atoms with Crippen molar-refractivity contribution in [3.63, 3.8) is 0 Å². The Hall–Kier alpha value is -2.42. The maximum Gasteiger partial charge on any atom is 0.315 e. The first-order valence-corrected chi connectivity index (χ1v) is 9.26. The number of carbonyl (C=O) groups excluding carboxylic acids is 1. The normalized spacial score (nSPS) is 29.5. The SMILES string of the molecule is CCCNC(=O)NC1C2COC(O2)C(n2cc(-c3ccccc3)cn2)C1O. The van der Waals surface area contributed by atoms with Gasteiger partial charge in [-0.3, -0.25) is 4.68 Å². The number of nitrogens with zero attached hydrogens (tertiary/aromatic N) is 2. The second kappa shape index (κ2) is 7.67. The zero-order chi connectivity index (χ0) is 18.8. The van der Waals surface area contributed by atoms with E-state index in [1.165, 1.54) is 0 Å². The van der Waals surface area contributed by atoms with Gasteiger partial charge in [-0.2, -0.15) is 5.10 Å². The summed E-state index contributed by atoms with van der Waals surface area (Å²) in [7, 11) is 0. The van der Waals surface area contributed by atoms with Crippen molar-refractivity contribution in [3.8, 4) is 11.1 Å². The van der Waals surface area contributed by atoms with Gasteiger partial charge < -0.3 is 25.2 Å².